The molecule has 1 saturated heterocycles. The molecule has 1 heterocycles. The summed E-state index contributed by atoms with van der Waals surface area (Å²) < 4.78 is 28.9. The molecule has 124 valence electrons. The van der Waals surface area contributed by atoms with Gasteiger partial charge in [0, 0.05) is 36.1 Å². The second-order valence-corrected chi connectivity index (χ2v) is 10.3. The van der Waals surface area contributed by atoms with E-state index >= 15 is 0 Å². The quantitative estimate of drug-likeness (QED) is 0.783. The summed E-state index contributed by atoms with van der Waals surface area (Å²) in [6, 6.07) is 0. The summed E-state index contributed by atoms with van der Waals surface area (Å²) in [6.07, 6.45) is 6.95. The third-order valence-electron chi connectivity index (χ3n) is 4.71. The molecule has 1 aliphatic carbocycles. The van der Waals surface area contributed by atoms with Crippen LogP contribution in [0.2, 0.25) is 0 Å². The van der Waals surface area contributed by atoms with Crippen molar-refractivity contribution in [3.63, 3.8) is 0 Å². The molecular formula is C16H31NO3S. The molecule has 2 unspecified atom stereocenters. The SMILES string of the molecule is CC(C)(C)NCC1(CCCS(C)(=O)=O)CCOC1C1CC1. The van der Waals surface area contributed by atoms with Crippen LogP contribution >= 0.6 is 0 Å². The highest BCUT2D eigenvalue weighted by Gasteiger charge is 2.50. The lowest BCUT2D eigenvalue weighted by Gasteiger charge is -2.37. The number of sulfone groups is 1. The second kappa shape index (κ2) is 6.17. The van der Waals surface area contributed by atoms with E-state index < -0.39 is 9.84 Å². The molecule has 2 atom stereocenters. The molecule has 1 N–H and O–H groups in total. The minimum atomic E-state index is -2.87. The molecule has 5 heteroatoms. The summed E-state index contributed by atoms with van der Waals surface area (Å²) in [5.41, 5.74) is 0.208. The molecule has 0 aromatic carbocycles. The van der Waals surface area contributed by atoms with Crippen molar-refractivity contribution >= 4 is 9.84 Å². The van der Waals surface area contributed by atoms with Crippen LogP contribution in [-0.2, 0) is 14.6 Å². The zero-order valence-corrected chi connectivity index (χ0v) is 14.8. The Morgan fingerprint density at radius 1 is 1.29 bits per heavy atom. The Balaban J connectivity index is 2.02. The fourth-order valence-electron chi connectivity index (χ4n) is 3.42. The predicted octanol–water partition coefficient (Wildman–Crippen LogP) is 2.38. The highest BCUT2D eigenvalue weighted by Crippen LogP contribution is 2.50. The lowest BCUT2D eigenvalue weighted by molar-refractivity contribution is 0.0235. The standard InChI is InChI=1S/C16H31NO3S/c1-15(2,3)17-12-16(8-5-11-21(4,18)19)9-10-20-14(16)13-6-7-13/h13-14,17H,5-12H2,1-4H3. The molecule has 2 rings (SSSR count). The molecule has 0 bridgehead atoms. The van der Waals surface area contributed by atoms with Gasteiger partial charge in [-0.1, -0.05) is 0 Å². The molecule has 1 saturated carbocycles. The van der Waals surface area contributed by atoms with Gasteiger partial charge in [-0.05, 0) is 58.8 Å². The van der Waals surface area contributed by atoms with Crippen LogP contribution in [0.15, 0.2) is 0 Å². The van der Waals surface area contributed by atoms with Crippen molar-refractivity contribution in [1.29, 1.82) is 0 Å². The molecule has 0 spiro atoms. The Kier molecular flexibility index (Phi) is 5.06. The van der Waals surface area contributed by atoms with E-state index in [1.54, 1.807) is 0 Å². The van der Waals surface area contributed by atoms with Crippen LogP contribution in [0, 0.1) is 11.3 Å². The van der Waals surface area contributed by atoms with Gasteiger partial charge in [0.1, 0.15) is 9.84 Å². The van der Waals surface area contributed by atoms with Crippen LogP contribution in [0.1, 0.15) is 52.9 Å². The Labute approximate surface area is 129 Å². The van der Waals surface area contributed by atoms with E-state index in [0.717, 1.165) is 32.4 Å². The third kappa shape index (κ3) is 5.22. The zero-order valence-electron chi connectivity index (χ0n) is 13.9. The lowest BCUT2D eigenvalue weighted by atomic mass is 9.74. The van der Waals surface area contributed by atoms with E-state index in [2.05, 4.69) is 26.1 Å². The van der Waals surface area contributed by atoms with Crippen LogP contribution in [0.3, 0.4) is 0 Å². The van der Waals surface area contributed by atoms with Gasteiger partial charge in [-0.15, -0.1) is 0 Å². The molecule has 1 aliphatic heterocycles. The van der Waals surface area contributed by atoms with Gasteiger partial charge in [0.2, 0.25) is 0 Å². The zero-order chi connectivity index (χ0) is 15.7. The average Bonchev–Trinajstić information content (AvgIpc) is 3.07. The summed E-state index contributed by atoms with van der Waals surface area (Å²) in [5.74, 6) is 0.995. The molecule has 4 nitrogen and oxygen atoms in total. The van der Waals surface area contributed by atoms with Crippen molar-refractivity contribution in [1.82, 2.24) is 5.32 Å². The average molecular weight is 317 g/mol. The Bertz CT molecular complexity index is 451. The molecule has 2 fully saturated rings. The number of nitrogens with one attached hydrogen (secondary N) is 1. The van der Waals surface area contributed by atoms with Gasteiger partial charge >= 0.3 is 0 Å². The monoisotopic (exact) mass is 317 g/mol. The summed E-state index contributed by atoms with van der Waals surface area (Å²) in [4.78, 5) is 0. The fourth-order valence-corrected chi connectivity index (χ4v) is 4.08. The van der Waals surface area contributed by atoms with Gasteiger partial charge in [-0.25, -0.2) is 8.42 Å². The number of rotatable bonds is 7. The van der Waals surface area contributed by atoms with Gasteiger partial charge in [-0.2, -0.15) is 0 Å². The van der Waals surface area contributed by atoms with Crippen molar-refractivity contribution < 1.29 is 13.2 Å². The molecule has 0 amide bonds. The fraction of sp³-hybridized carbons (Fsp3) is 1.00. The van der Waals surface area contributed by atoms with Gasteiger partial charge in [0.05, 0.1) is 6.10 Å². The van der Waals surface area contributed by atoms with Gasteiger partial charge in [-0.3, -0.25) is 0 Å². The van der Waals surface area contributed by atoms with Crippen LogP contribution in [0.5, 0.6) is 0 Å². The second-order valence-electron chi connectivity index (χ2n) is 8.08. The summed E-state index contributed by atoms with van der Waals surface area (Å²) in [6.45, 7) is 8.30. The van der Waals surface area contributed by atoms with E-state index in [-0.39, 0.29) is 11.0 Å². The van der Waals surface area contributed by atoms with Gasteiger partial charge in [0.15, 0.2) is 0 Å². The van der Waals surface area contributed by atoms with E-state index in [4.69, 9.17) is 4.74 Å². The van der Waals surface area contributed by atoms with Crippen LogP contribution < -0.4 is 5.32 Å². The van der Waals surface area contributed by atoms with Crippen molar-refractivity contribution in [2.24, 2.45) is 11.3 Å². The predicted molar refractivity (Wildman–Crippen MR) is 86.2 cm³/mol. The van der Waals surface area contributed by atoms with Crippen LogP contribution in [0.25, 0.3) is 0 Å². The number of ether oxygens (including phenoxy) is 1. The van der Waals surface area contributed by atoms with Crippen LogP contribution in [-0.4, -0.2) is 45.2 Å². The highest BCUT2D eigenvalue weighted by molar-refractivity contribution is 7.90. The van der Waals surface area contributed by atoms with E-state index in [1.165, 1.54) is 19.1 Å². The first kappa shape index (κ1) is 17.2. The van der Waals surface area contributed by atoms with E-state index in [1.807, 2.05) is 0 Å². The van der Waals surface area contributed by atoms with Gasteiger partial charge in [0.25, 0.3) is 0 Å². The summed E-state index contributed by atoms with van der Waals surface area (Å²) in [7, 11) is -2.87. The first-order valence-electron chi connectivity index (χ1n) is 8.16. The highest BCUT2D eigenvalue weighted by atomic mass is 32.2. The maximum absolute atomic E-state index is 11.4. The summed E-state index contributed by atoms with van der Waals surface area (Å²) in [5, 5.41) is 3.64. The smallest absolute Gasteiger partial charge is 0.147 e. The van der Waals surface area contributed by atoms with Crippen molar-refractivity contribution in [3.8, 4) is 0 Å². The van der Waals surface area contributed by atoms with Crippen molar-refractivity contribution in [3.05, 3.63) is 0 Å². The largest absolute Gasteiger partial charge is 0.377 e. The molecule has 0 aromatic heterocycles. The third-order valence-corrected chi connectivity index (χ3v) is 5.74. The normalized spacial score (nSPS) is 30.8. The van der Waals surface area contributed by atoms with Crippen molar-refractivity contribution in [2.45, 2.75) is 64.5 Å². The minimum Gasteiger partial charge on any atom is -0.377 e. The van der Waals surface area contributed by atoms with E-state index in [0.29, 0.717) is 17.8 Å². The first-order chi connectivity index (χ1) is 9.61. The summed E-state index contributed by atoms with van der Waals surface area (Å²) >= 11 is 0. The Morgan fingerprint density at radius 2 is 1.95 bits per heavy atom. The number of hydrogen-bond donors (Lipinski definition) is 1. The minimum absolute atomic E-state index is 0.0839. The first-order valence-corrected chi connectivity index (χ1v) is 10.2. The molecule has 0 aromatic rings. The Morgan fingerprint density at radius 3 is 2.48 bits per heavy atom. The van der Waals surface area contributed by atoms with Crippen LogP contribution in [0.4, 0.5) is 0 Å². The Hall–Kier alpha value is -0.130. The molecule has 21 heavy (non-hydrogen) atoms. The van der Waals surface area contributed by atoms with E-state index in [9.17, 15) is 8.42 Å². The maximum atomic E-state index is 11.4. The topological polar surface area (TPSA) is 55.4 Å². The molecule has 0 radical (unpaired) electrons. The maximum Gasteiger partial charge on any atom is 0.147 e. The molecular weight excluding hydrogens is 286 g/mol. The lowest BCUT2D eigenvalue weighted by Crippen LogP contribution is -2.48. The van der Waals surface area contributed by atoms with Crippen molar-refractivity contribution in [2.75, 3.05) is 25.2 Å². The van der Waals surface area contributed by atoms with Gasteiger partial charge < -0.3 is 10.1 Å². The number of hydrogen-bond acceptors (Lipinski definition) is 4. The molecule has 2 aliphatic rings.